The maximum absolute atomic E-state index is 10.2. The van der Waals surface area contributed by atoms with Crippen LogP contribution in [0.25, 0.3) is 0 Å². The molecule has 1 aliphatic heterocycles. The van der Waals surface area contributed by atoms with Crippen molar-refractivity contribution in [2.45, 2.75) is 12.2 Å². The molecule has 3 heterocycles. The summed E-state index contributed by atoms with van der Waals surface area (Å²) in [6.07, 6.45) is 4.89. The van der Waals surface area contributed by atoms with Gasteiger partial charge in [-0.25, -0.2) is 9.97 Å². The van der Waals surface area contributed by atoms with Gasteiger partial charge in [-0.15, -0.1) is 0 Å². The van der Waals surface area contributed by atoms with Crippen LogP contribution in [0.3, 0.4) is 0 Å². The van der Waals surface area contributed by atoms with Crippen molar-refractivity contribution in [1.82, 2.24) is 15.0 Å². The van der Waals surface area contributed by atoms with Crippen molar-refractivity contribution in [3.05, 3.63) is 42.2 Å². The van der Waals surface area contributed by atoms with E-state index in [-0.39, 0.29) is 0 Å². The normalized spacial score (nSPS) is 21.2. The van der Waals surface area contributed by atoms with Crippen LogP contribution in [-0.2, 0) is 0 Å². The number of hydrogen-bond donors (Lipinski definition) is 1. The van der Waals surface area contributed by atoms with Gasteiger partial charge in [0.05, 0.1) is 25.7 Å². The van der Waals surface area contributed by atoms with E-state index in [1.54, 1.807) is 38.0 Å². The molecule has 6 nitrogen and oxygen atoms in total. The molecule has 6 heteroatoms. The molecule has 3 rings (SSSR count). The average molecular weight is 245 g/mol. The standard InChI is InChI=1S/C12H11N3O3/c1-17-7-4-14-12(15-5-7)11-10(16)8-2-3-13-6-9(8)18-11/h2-6,10-11,16H,1H3. The van der Waals surface area contributed by atoms with E-state index >= 15 is 0 Å². The van der Waals surface area contributed by atoms with Crippen molar-refractivity contribution < 1.29 is 14.6 Å². The first-order valence-corrected chi connectivity index (χ1v) is 5.44. The lowest BCUT2D eigenvalue weighted by Gasteiger charge is -2.12. The Bertz CT molecular complexity index is 559. The first-order valence-electron chi connectivity index (χ1n) is 5.44. The summed E-state index contributed by atoms with van der Waals surface area (Å²) >= 11 is 0. The number of fused-ring (bicyclic) bond motifs is 1. The van der Waals surface area contributed by atoms with Gasteiger partial charge in [-0.05, 0) is 6.07 Å². The summed E-state index contributed by atoms with van der Waals surface area (Å²) in [5, 5.41) is 10.2. The Hall–Kier alpha value is -2.21. The van der Waals surface area contributed by atoms with E-state index in [1.807, 2.05) is 0 Å². The Morgan fingerprint density at radius 2 is 2.06 bits per heavy atom. The van der Waals surface area contributed by atoms with Crippen LogP contribution in [0.2, 0.25) is 0 Å². The van der Waals surface area contributed by atoms with Crippen molar-refractivity contribution in [2.24, 2.45) is 0 Å². The zero-order valence-corrected chi connectivity index (χ0v) is 9.65. The smallest absolute Gasteiger partial charge is 0.188 e. The minimum Gasteiger partial charge on any atom is -0.494 e. The number of nitrogens with zero attached hydrogens (tertiary/aromatic N) is 3. The van der Waals surface area contributed by atoms with E-state index < -0.39 is 12.2 Å². The van der Waals surface area contributed by atoms with Gasteiger partial charge in [-0.2, -0.15) is 0 Å². The maximum Gasteiger partial charge on any atom is 0.188 e. The fraction of sp³-hybridized carbons (Fsp3) is 0.250. The molecule has 0 bridgehead atoms. The number of pyridine rings is 1. The summed E-state index contributed by atoms with van der Waals surface area (Å²) in [7, 11) is 1.54. The van der Waals surface area contributed by atoms with Crippen LogP contribution in [0, 0.1) is 0 Å². The Balaban J connectivity index is 1.91. The summed E-state index contributed by atoms with van der Waals surface area (Å²) in [5.74, 6) is 1.54. The lowest BCUT2D eigenvalue weighted by atomic mass is 10.1. The van der Waals surface area contributed by atoms with E-state index in [0.717, 1.165) is 0 Å². The molecule has 0 aliphatic carbocycles. The Labute approximate surface area is 103 Å². The van der Waals surface area contributed by atoms with Gasteiger partial charge in [0.25, 0.3) is 0 Å². The molecule has 2 unspecified atom stereocenters. The fourth-order valence-electron chi connectivity index (χ4n) is 1.87. The minimum atomic E-state index is -0.781. The second kappa shape index (κ2) is 4.23. The number of aliphatic hydroxyl groups is 1. The number of methoxy groups -OCH3 is 1. The SMILES string of the molecule is COc1cnc(C2Oc3cnccc3C2O)nc1. The number of aromatic nitrogens is 3. The highest BCUT2D eigenvalue weighted by Crippen LogP contribution is 2.42. The molecule has 2 atom stereocenters. The number of hydrogen-bond acceptors (Lipinski definition) is 6. The lowest BCUT2D eigenvalue weighted by Crippen LogP contribution is -2.13. The molecular formula is C12H11N3O3. The third kappa shape index (κ3) is 1.67. The zero-order valence-electron chi connectivity index (χ0n) is 9.65. The van der Waals surface area contributed by atoms with Crippen molar-refractivity contribution in [3.8, 4) is 11.5 Å². The molecule has 1 N–H and O–H groups in total. The topological polar surface area (TPSA) is 77.4 Å². The molecule has 0 fully saturated rings. The molecule has 18 heavy (non-hydrogen) atoms. The molecule has 0 amide bonds. The molecule has 2 aromatic heterocycles. The van der Waals surface area contributed by atoms with Gasteiger partial charge in [-0.1, -0.05) is 0 Å². The highest BCUT2D eigenvalue weighted by molar-refractivity contribution is 5.37. The summed E-state index contributed by atoms with van der Waals surface area (Å²) < 4.78 is 10.6. The second-order valence-electron chi connectivity index (χ2n) is 3.88. The van der Waals surface area contributed by atoms with Crippen LogP contribution in [0.5, 0.6) is 11.5 Å². The summed E-state index contributed by atoms with van der Waals surface area (Å²) in [6, 6.07) is 1.73. The van der Waals surface area contributed by atoms with E-state index in [9.17, 15) is 5.11 Å². The van der Waals surface area contributed by atoms with Gasteiger partial charge in [0.1, 0.15) is 11.9 Å². The summed E-state index contributed by atoms with van der Waals surface area (Å²) in [6.45, 7) is 0. The number of ether oxygens (including phenoxy) is 2. The lowest BCUT2D eigenvalue weighted by molar-refractivity contribution is 0.0615. The molecule has 0 saturated heterocycles. The van der Waals surface area contributed by atoms with E-state index in [2.05, 4.69) is 15.0 Å². The van der Waals surface area contributed by atoms with E-state index in [4.69, 9.17) is 9.47 Å². The monoisotopic (exact) mass is 245 g/mol. The highest BCUT2D eigenvalue weighted by atomic mass is 16.5. The first-order chi connectivity index (χ1) is 8.79. The van der Waals surface area contributed by atoms with Gasteiger partial charge >= 0.3 is 0 Å². The fourth-order valence-corrected chi connectivity index (χ4v) is 1.87. The maximum atomic E-state index is 10.2. The summed E-state index contributed by atoms with van der Waals surface area (Å²) in [5.41, 5.74) is 0.703. The Morgan fingerprint density at radius 3 is 2.72 bits per heavy atom. The molecular weight excluding hydrogens is 234 g/mol. The van der Waals surface area contributed by atoms with Crippen LogP contribution in [-0.4, -0.2) is 27.2 Å². The van der Waals surface area contributed by atoms with E-state index in [1.165, 1.54) is 0 Å². The van der Waals surface area contributed by atoms with Gasteiger partial charge < -0.3 is 14.6 Å². The number of rotatable bonds is 2. The Kier molecular flexibility index (Phi) is 2.56. The third-order valence-electron chi connectivity index (χ3n) is 2.81. The predicted octanol–water partition coefficient (Wildman–Crippen LogP) is 1.05. The van der Waals surface area contributed by atoms with E-state index in [0.29, 0.717) is 22.9 Å². The average Bonchev–Trinajstić information content (AvgIpc) is 2.77. The Morgan fingerprint density at radius 1 is 1.28 bits per heavy atom. The van der Waals surface area contributed by atoms with Crippen LogP contribution in [0.4, 0.5) is 0 Å². The number of aliphatic hydroxyl groups excluding tert-OH is 1. The van der Waals surface area contributed by atoms with Crippen molar-refractivity contribution in [3.63, 3.8) is 0 Å². The summed E-state index contributed by atoms with van der Waals surface area (Å²) in [4.78, 5) is 12.2. The minimum absolute atomic E-state index is 0.416. The molecule has 92 valence electrons. The highest BCUT2D eigenvalue weighted by Gasteiger charge is 2.36. The van der Waals surface area contributed by atoms with Gasteiger partial charge in [0, 0.05) is 11.8 Å². The third-order valence-corrected chi connectivity index (χ3v) is 2.81. The van der Waals surface area contributed by atoms with Crippen LogP contribution in [0.1, 0.15) is 23.6 Å². The second-order valence-corrected chi connectivity index (χ2v) is 3.88. The van der Waals surface area contributed by atoms with Gasteiger partial charge in [0.2, 0.25) is 0 Å². The molecule has 0 saturated carbocycles. The molecule has 1 aliphatic rings. The van der Waals surface area contributed by atoms with Crippen molar-refractivity contribution >= 4 is 0 Å². The zero-order chi connectivity index (χ0) is 12.5. The first kappa shape index (κ1) is 10.9. The molecule has 0 radical (unpaired) electrons. The van der Waals surface area contributed by atoms with Crippen LogP contribution >= 0.6 is 0 Å². The van der Waals surface area contributed by atoms with Gasteiger partial charge in [-0.3, -0.25) is 4.98 Å². The predicted molar refractivity (Wildman–Crippen MR) is 61.1 cm³/mol. The van der Waals surface area contributed by atoms with Crippen molar-refractivity contribution in [1.29, 1.82) is 0 Å². The molecule has 2 aromatic rings. The van der Waals surface area contributed by atoms with Gasteiger partial charge in [0.15, 0.2) is 17.7 Å². The largest absolute Gasteiger partial charge is 0.494 e. The quantitative estimate of drug-likeness (QED) is 0.852. The molecule has 0 aromatic carbocycles. The van der Waals surface area contributed by atoms with Crippen LogP contribution < -0.4 is 9.47 Å². The van der Waals surface area contributed by atoms with Crippen molar-refractivity contribution in [2.75, 3.05) is 7.11 Å². The molecule has 0 spiro atoms. The van der Waals surface area contributed by atoms with Crippen LogP contribution in [0.15, 0.2) is 30.9 Å².